The van der Waals surface area contributed by atoms with Crippen molar-refractivity contribution in [3.8, 4) is 0 Å². The summed E-state index contributed by atoms with van der Waals surface area (Å²) in [7, 11) is -3.13. The van der Waals surface area contributed by atoms with E-state index in [-0.39, 0.29) is 18.1 Å². The predicted molar refractivity (Wildman–Crippen MR) is 69.1 cm³/mol. The Kier molecular flexibility index (Phi) is 5.91. The lowest BCUT2D eigenvalue weighted by molar-refractivity contribution is 0.304. The number of oxime groups is 1. The van der Waals surface area contributed by atoms with Crippen LogP contribution in [0, 0.1) is 0 Å². The molecule has 3 N–H and O–H groups in total. The molecular weight excluding hydrogens is 242 g/mol. The Balaban J connectivity index is 4.45. The average molecular weight is 265 g/mol. The summed E-state index contributed by atoms with van der Waals surface area (Å²) in [5.74, 6) is 0.156. The summed E-state index contributed by atoms with van der Waals surface area (Å²) in [5.41, 5.74) is 5.38. The van der Waals surface area contributed by atoms with E-state index in [0.29, 0.717) is 13.1 Å². The van der Waals surface area contributed by atoms with Crippen LogP contribution in [0.2, 0.25) is 0 Å². The third kappa shape index (κ3) is 5.36. The Bertz CT molecular complexity index is 357. The number of amidine groups is 1. The van der Waals surface area contributed by atoms with Crippen molar-refractivity contribution in [2.45, 2.75) is 32.4 Å². The van der Waals surface area contributed by atoms with Crippen molar-refractivity contribution in [2.75, 3.05) is 25.4 Å². The molecule has 0 atom stereocenters. The maximum atomic E-state index is 11.9. The first-order valence-electron chi connectivity index (χ1n) is 5.55. The predicted octanol–water partition coefficient (Wildman–Crippen LogP) is 0.268. The Morgan fingerprint density at radius 2 is 1.94 bits per heavy atom. The molecule has 0 fully saturated rings. The van der Waals surface area contributed by atoms with Gasteiger partial charge in [-0.25, -0.2) is 8.42 Å². The Labute approximate surface area is 103 Å². The second-order valence-electron chi connectivity index (χ2n) is 4.89. The van der Waals surface area contributed by atoms with E-state index in [1.165, 1.54) is 0 Å². The van der Waals surface area contributed by atoms with Gasteiger partial charge < -0.3 is 10.9 Å². The summed E-state index contributed by atoms with van der Waals surface area (Å²) in [6, 6.07) is 0. The average Bonchev–Trinajstić information content (AvgIpc) is 2.22. The molecule has 0 saturated carbocycles. The lowest BCUT2D eigenvalue weighted by Crippen LogP contribution is -2.40. The Hall–Kier alpha value is -0.820. The summed E-state index contributed by atoms with van der Waals surface area (Å²) < 4.78 is 23.0. The van der Waals surface area contributed by atoms with Crippen molar-refractivity contribution in [1.82, 2.24) is 4.90 Å². The highest BCUT2D eigenvalue weighted by Crippen LogP contribution is 2.15. The third-order valence-corrected chi connectivity index (χ3v) is 5.16. The largest absolute Gasteiger partial charge is 0.409 e. The minimum atomic E-state index is -3.13. The standard InChI is InChI=1S/C10H23N3O3S/c1-5-13(8-9(11)12-14)6-7-17(15,16)10(2,3)4/h14H,5-8H2,1-4H3,(H2,11,12). The van der Waals surface area contributed by atoms with Gasteiger partial charge in [-0.2, -0.15) is 0 Å². The van der Waals surface area contributed by atoms with Crippen LogP contribution in [0.1, 0.15) is 27.7 Å². The van der Waals surface area contributed by atoms with Crippen molar-refractivity contribution in [2.24, 2.45) is 10.9 Å². The van der Waals surface area contributed by atoms with E-state index in [0.717, 1.165) is 0 Å². The number of nitrogens with two attached hydrogens (primary N) is 1. The lowest BCUT2D eigenvalue weighted by Gasteiger charge is -2.23. The zero-order valence-corrected chi connectivity index (χ0v) is 11.8. The van der Waals surface area contributed by atoms with Gasteiger partial charge in [0.1, 0.15) is 0 Å². The molecule has 7 heteroatoms. The minimum absolute atomic E-state index is 0.0725. The number of nitrogens with zero attached hydrogens (tertiary/aromatic N) is 2. The highest BCUT2D eigenvalue weighted by molar-refractivity contribution is 7.92. The van der Waals surface area contributed by atoms with Crippen molar-refractivity contribution < 1.29 is 13.6 Å². The van der Waals surface area contributed by atoms with Crippen molar-refractivity contribution >= 4 is 15.7 Å². The van der Waals surface area contributed by atoms with Crippen LogP contribution in [0.5, 0.6) is 0 Å². The van der Waals surface area contributed by atoms with Gasteiger partial charge in [-0.15, -0.1) is 0 Å². The fourth-order valence-corrected chi connectivity index (χ4v) is 2.28. The third-order valence-electron chi connectivity index (χ3n) is 2.57. The summed E-state index contributed by atoms with van der Waals surface area (Å²) >= 11 is 0. The second kappa shape index (κ2) is 6.20. The number of rotatable bonds is 6. The summed E-state index contributed by atoms with van der Waals surface area (Å²) in [4.78, 5) is 1.82. The van der Waals surface area contributed by atoms with Crippen LogP contribution in [0.4, 0.5) is 0 Å². The van der Waals surface area contributed by atoms with Crippen LogP contribution in [0.25, 0.3) is 0 Å². The topological polar surface area (TPSA) is 96.0 Å². The van der Waals surface area contributed by atoms with E-state index in [1.54, 1.807) is 20.8 Å². The van der Waals surface area contributed by atoms with E-state index in [4.69, 9.17) is 10.9 Å². The van der Waals surface area contributed by atoms with E-state index < -0.39 is 14.6 Å². The lowest BCUT2D eigenvalue weighted by atomic mass is 10.3. The molecule has 0 aromatic carbocycles. The molecule has 0 aliphatic heterocycles. The van der Waals surface area contributed by atoms with Crippen LogP contribution < -0.4 is 5.73 Å². The molecule has 0 aliphatic carbocycles. The molecule has 17 heavy (non-hydrogen) atoms. The molecule has 0 heterocycles. The molecule has 0 bridgehead atoms. The number of sulfone groups is 1. The van der Waals surface area contributed by atoms with Gasteiger partial charge in [0.2, 0.25) is 0 Å². The molecule has 6 nitrogen and oxygen atoms in total. The fourth-order valence-electron chi connectivity index (χ4n) is 1.17. The van der Waals surface area contributed by atoms with Crippen molar-refractivity contribution in [3.05, 3.63) is 0 Å². The molecule has 0 aromatic rings. The van der Waals surface area contributed by atoms with Crippen LogP contribution >= 0.6 is 0 Å². The first-order chi connectivity index (χ1) is 7.64. The molecule has 102 valence electrons. The highest BCUT2D eigenvalue weighted by atomic mass is 32.2. The number of likely N-dealkylation sites (N-methyl/N-ethyl adjacent to an activating group) is 1. The van der Waals surface area contributed by atoms with E-state index in [2.05, 4.69) is 5.16 Å². The molecule has 0 rings (SSSR count). The Morgan fingerprint density at radius 1 is 1.41 bits per heavy atom. The van der Waals surface area contributed by atoms with Crippen molar-refractivity contribution in [1.29, 1.82) is 0 Å². The van der Waals surface area contributed by atoms with E-state index in [9.17, 15) is 8.42 Å². The summed E-state index contributed by atoms with van der Waals surface area (Å²) in [6.45, 7) is 8.25. The molecule has 0 radical (unpaired) electrons. The normalized spacial score (nSPS) is 14.3. The smallest absolute Gasteiger partial charge is 0.156 e. The van der Waals surface area contributed by atoms with Crippen LogP contribution in [0.15, 0.2) is 5.16 Å². The molecular formula is C10H23N3O3S. The van der Waals surface area contributed by atoms with Crippen LogP contribution in [-0.2, 0) is 9.84 Å². The van der Waals surface area contributed by atoms with Gasteiger partial charge in [0.25, 0.3) is 0 Å². The molecule has 0 amide bonds. The Morgan fingerprint density at radius 3 is 2.29 bits per heavy atom. The zero-order chi connectivity index (χ0) is 13.7. The molecule has 0 unspecified atom stereocenters. The van der Waals surface area contributed by atoms with E-state index >= 15 is 0 Å². The first-order valence-corrected chi connectivity index (χ1v) is 7.20. The number of hydrogen-bond donors (Lipinski definition) is 2. The molecule has 0 saturated heterocycles. The van der Waals surface area contributed by atoms with Crippen molar-refractivity contribution in [3.63, 3.8) is 0 Å². The monoisotopic (exact) mass is 265 g/mol. The quantitative estimate of drug-likeness (QED) is 0.311. The minimum Gasteiger partial charge on any atom is -0.409 e. The zero-order valence-electron chi connectivity index (χ0n) is 11.0. The first kappa shape index (κ1) is 16.2. The summed E-state index contributed by atoms with van der Waals surface area (Å²) in [6.07, 6.45) is 0. The number of hydrogen-bond acceptors (Lipinski definition) is 5. The van der Waals surface area contributed by atoms with Crippen LogP contribution in [0.3, 0.4) is 0 Å². The van der Waals surface area contributed by atoms with Gasteiger partial charge in [-0.1, -0.05) is 12.1 Å². The second-order valence-corrected chi connectivity index (χ2v) is 7.75. The van der Waals surface area contributed by atoms with Gasteiger partial charge in [0, 0.05) is 6.54 Å². The van der Waals surface area contributed by atoms with E-state index in [1.807, 2.05) is 11.8 Å². The van der Waals surface area contributed by atoms with Gasteiger partial charge in [0.15, 0.2) is 15.7 Å². The van der Waals surface area contributed by atoms with Gasteiger partial charge in [0.05, 0.1) is 17.0 Å². The SMILES string of the molecule is CCN(CCS(=O)(=O)C(C)(C)C)CC(N)=NO. The fraction of sp³-hybridized carbons (Fsp3) is 0.900. The molecule has 0 spiro atoms. The van der Waals surface area contributed by atoms with Crippen LogP contribution in [-0.4, -0.2) is 54.5 Å². The maximum absolute atomic E-state index is 11.9. The van der Waals surface area contributed by atoms with Gasteiger partial charge >= 0.3 is 0 Å². The summed E-state index contributed by atoms with van der Waals surface area (Å²) in [5, 5.41) is 11.3. The molecule has 0 aliphatic rings. The maximum Gasteiger partial charge on any atom is 0.156 e. The van der Waals surface area contributed by atoms with Gasteiger partial charge in [-0.3, -0.25) is 4.90 Å². The van der Waals surface area contributed by atoms with Gasteiger partial charge in [-0.05, 0) is 27.3 Å². The molecule has 0 aromatic heterocycles. The highest BCUT2D eigenvalue weighted by Gasteiger charge is 2.28.